The van der Waals surface area contributed by atoms with Crippen LogP contribution >= 0.6 is 0 Å². The number of amides is 2. The van der Waals surface area contributed by atoms with Crippen LogP contribution in [0.25, 0.3) is 0 Å². The molecule has 0 aromatic heterocycles. The van der Waals surface area contributed by atoms with Crippen molar-refractivity contribution < 1.29 is 14.3 Å². The highest BCUT2D eigenvalue weighted by atomic mass is 16.6. The van der Waals surface area contributed by atoms with Crippen LogP contribution in [0, 0.1) is 0 Å². The molecule has 0 saturated heterocycles. The van der Waals surface area contributed by atoms with Gasteiger partial charge in [-0.25, -0.2) is 9.69 Å². The van der Waals surface area contributed by atoms with Gasteiger partial charge in [0.1, 0.15) is 6.61 Å². The molecule has 5 nitrogen and oxygen atoms in total. The number of rotatable bonds is 4. The number of ether oxygens (including phenoxy) is 1. The Bertz CT molecular complexity index is 496. The smallest absolute Gasteiger partial charge is 0.417 e. The number of carbonyl (C=O) groups excluding carboxylic acids is 2. The van der Waals surface area contributed by atoms with Crippen molar-refractivity contribution in [3.05, 3.63) is 35.9 Å². The molecule has 2 rings (SSSR count). The van der Waals surface area contributed by atoms with Gasteiger partial charge in [-0.15, -0.1) is 0 Å². The molecule has 0 aliphatic heterocycles. The van der Waals surface area contributed by atoms with Crippen LogP contribution < -0.4 is 5.73 Å². The maximum Gasteiger partial charge on any atom is 0.417 e. The van der Waals surface area contributed by atoms with E-state index in [-0.39, 0.29) is 18.6 Å². The van der Waals surface area contributed by atoms with E-state index < -0.39 is 12.1 Å². The number of nitrogens with zero attached hydrogens (tertiary/aromatic N) is 1. The number of benzene rings is 1. The molecule has 120 valence electrons. The Morgan fingerprint density at radius 3 is 2.45 bits per heavy atom. The number of carbonyl (C=O) groups is 2. The summed E-state index contributed by atoms with van der Waals surface area (Å²) in [5.41, 5.74) is 6.59. The molecule has 0 bridgehead atoms. The highest BCUT2D eigenvalue weighted by molar-refractivity contribution is 5.95. The fourth-order valence-corrected chi connectivity index (χ4v) is 2.77. The van der Waals surface area contributed by atoms with Gasteiger partial charge in [-0.05, 0) is 25.3 Å². The molecule has 1 saturated carbocycles. The van der Waals surface area contributed by atoms with Gasteiger partial charge in [0, 0.05) is 6.04 Å². The van der Waals surface area contributed by atoms with E-state index in [0.29, 0.717) is 0 Å². The molecule has 2 N–H and O–H groups in total. The van der Waals surface area contributed by atoms with Crippen molar-refractivity contribution in [1.29, 1.82) is 0 Å². The Hall–Kier alpha value is -1.88. The van der Waals surface area contributed by atoms with Crippen molar-refractivity contribution >= 4 is 12.0 Å². The Morgan fingerprint density at radius 1 is 1.23 bits per heavy atom. The van der Waals surface area contributed by atoms with Crippen LogP contribution in [0.1, 0.15) is 44.6 Å². The van der Waals surface area contributed by atoms with Crippen molar-refractivity contribution in [3.63, 3.8) is 0 Å². The van der Waals surface area contributed by atoms with Crippen LogP contribution in [0.4, 0.5) is 4.79 Å². The first kappa shape index (κ1) is 16.5. The molecule has 22 heavy (non-hydrogen) atoms. The third kappa shape index (κ3) is 4.31. The molecule has 0 radical (unpaired) electrons. The zero-order chi connectivity index (χ0) is 15.9. The highest BCUT2D eigenvalue weighted by Gasteiger charge is 2.33. The standard InChI is InChI=1S/C17H24N2O3/c1-13(18)16(20)19(15-10-6-3-7-11-15)17(21)22-12-14-8-4-2-5-9-14/h2,4-5,8-9,13,15H,3,6-7,10-12,18H2,1H3/t13-/m0/s1. The van der Waals surface area contributed by atoms with Crippen molar-refractivity contribution in [1.82, 2.24) is 4.90 Å². The summed E-state index contributed by atoms with van der Waals surface area (Å²) in [6.45, 7) is 1.76. The molecule has 0 heterocycles. The second-order valence-corrected chi connectivity index (χ2v) is 5.83. The first-order chi connectivity index (χ1) is 10.6. The quantitative estimate of drug-likeness (QED) is 0.928. The Morgan fingerprint density at radius 2 is 1.86 bits per heavy atom. The average molecular weight is 304 g/mol. The predicted octanol–water partition coefficient (Wildman–Crippen LogP) is 2.83. The van der Waals surface area contributed by atoms with E-state index in [1.165, 1.54) is 4.90 Å². The highest BCUT2D eigenvalue weighted by Crippen LogP contribution is 2.24. The summed E-state index contributed by atoms with van der Waals surface area (Å²) >= 11 is 0. The molecule has 1 aromatic carbocycles. The average Bonchev–Trinajstić information content (AvgIpc) is 2.55. The molecular weight excluding hydrogens is 280 g/mol. The molecule has 0 spiro atoms. The van der Waals surface area contributed by atoms with Gasteiger partial charge < -0.3 is 10.5 Å². The predicted molar refractivity (Wildman–Crippen MR) is 84.0 cm³/mol. The summed E-state index contributed by atoms with van der Waals surface area (Å²) in [5.74, 6) is -0.357. The maximum atomic E-state index is 12.4. The molecule has 5 heteroatoms. The third-order valence-electron chi connectivity index (χ3n) is 3.97. The molecule has 1 aromatic rings. The second kappa shape index (κ2) is 7.94. The molecule has 1 atom stereocenters. The topological polar surface area (TPSA) is 72.6 Å². The van der Waals surface area contributed by atoms with Crippen LogP contribution in [0.2, 0.25) is 0 Å². The minimum absolute atomic E-state index is 0.0875. The fraction of sp³-hybridized carbons (Fsp3) is 0.529. The van der Waals surface area contributed by atoms with Crippen LogP contribution in [0.5, 0.6) is 0 Å². The van der Waals surface area contributed by atoms with Crippen molar-refractivity contribution in [3.8, 4) is 0 Å². The minimum atomic E-state index is -0.703. The van der Waals surface area contributed by atoms with E-state index in [2.05, 4.69) is 0 Å². The molecule has 2 amide bonds. The van der Waals surface area contributed by atoms with Gasteiger partial charge in [0.05, 0.1) is 6.04 Å². The van der Waals surface area contributed by atoms with E-state index in [9.17, 15) is 9.59 Å². The number of hydrogen-bond acceptors (Lipinski definition) is 4. The summed E-state index contributed by atoms with van der Waals surface area (Å²) in [5, 5.41) is 0. The van der Waals surface area contributed by atoms with Gasteiger partial charge in [-0.1, -0.05) is 49.6 Å². The summed E-state index contributed by atoms with van der Waals surface area (Å²) in [6.07, 6.45) is 4.28. The fourth-order valence-electron chi connectivity index (χ4n) is 2.77. The lowest BCUT2D eigenvalue weighted by molar-refractivity contribution is -0.133. The van der Waals surface area contributed by atoms with E-state index in [1.807, 2.05) is 30.3 Å². The number of imide groups is 1. The summed E-state index contributed by atoms with van der Waals surface area (Å²) < 4.78 is 5.33. The molecule has 1 fully saturated rings. The lowest BCUT2D eigenvalue weighted by atomic mass is 9.94. The first-order valence-corrected chi connectivity index (χ1v) is 7.89. The van der Waals surface area contributed by atoms with Gasteiger partial charge in [0.25, 0.3) is 0 Å². The summed E-state index contributed by atoms with van der Waals surface area (Å²) in [6, 6.07) is 8.64. The van der Waals surface area contributed by atoms with Gasteiger partial charge in [-0.3, -0.25) is 4.79 Å². The van der Waals surface area contributed by atoms with Crippen molar-refractivity contribution in [2.45, 2.75) is 57.7 Å². The van der Waals surface area contributed by atoms with E-state index in [0.717, 1.165) is 37.7 Å². The molecule has 1 aliphatic carbocycles. The summed E-state index contributed by atoms with van der Waals surface area (Å²) in [7, 11) is 0. The molecule has 1 aliphatic rings. The lowest BCUT2D eigenvalue weighted by Gasteiger charge is -2.32. The Balaban J connectivity index is 2.03. The van der Waals surface area contributed by atoms with Crippen LogP contribution in [-0.4, -0.2) is 29.0 Å². The van der Waals surface area contributed by atoms with E-state index >= 15 is 0 Å². The molecular formula is C17H24N2O3. The molecule has 0 unspecified atom stereocenters. The monoisotopic (exact) mass is 304 g/mol. The van der Waals surface area contributed by atoms with Gasteiger partial charge >= 0.3 is 6.09 Å². The van der Waals surface area contributed by atoms with Crippen LogP contribution in [0.15, 0.2) is 30.3 Å². The van der Waals surface area contributed by atoms with Gasteiger partial charge in [0.15, 0.2) is 0 Å². The third-order valence-corrected chi connectivity index (χ3v) is 3.97. The largest absolute Gasteiger partial charge is 0.444 e. The first-order valence-electron chi connectivity index (χ1n) is 7.89. The van der Waals surface area contributed by atoms with Crippen LogP contribution in [-0.2, 0) is 16.1 Å². The summed E-state index contributed by atoms with van der Waals surface area (Å²) in [4.78, 5) is 25.9. The normalized spacial score (nSPS) is 16.8. The second-order valence-electron chi connectivity index (χ2n) is 5.83. The Kier molecular flexibility index (Phi) is 5.95. The maximum absolute atomic E-state index is 12.4. The minimum Gasteiger partial charge on any atom is -0.444 e. The van der Waals surface area contributed by atoms with Crippen molar-refractivity contribution in [2.75, 3.05) is 0 Å². The van der Waals surface area contributed by atoms with E-state index in [4.69, 9.17) is 10.5 Å². The van der Waals surface area contributed by atoms with Gasteiger partial charge in [0.2, 0.25) is 5.91 Å². The van der Waals surface area contributed by atoms with Crippen molar-refractivity contribution in [2.24, 2.45) is 5.73 Å². The van der Waals surface area contributed by atoms with E-state index in [1.54, 1.807) is 6.92 Å². The van der Waals surface area contributed by atoms with Gasteiger partial charge in [-0.2, -0.15) is 0 Å². The number of hydrogen-bond donors (Lipinski definition) is 1. The zero-order valence-corrected chi connectivity index (χ0v) is 13.0. The Labute approximate surface area is 131 Å². The number of nitrogens with two attached hydrogens (primary N) is 1. The zero-order valence-electron chi connectivity index (χ0n) is 13.0. The SMILES string of the molecule is C[C@H](N)C(=O)N(C(=O)OCc1ccccc1)C1CCCCC1. The lowest BCUT2D eigenvalue weighted by Crippen LogP contribution is -2.51. The van der Waals surface area contributed by atoms with Crippen LogP contribution in [0.3, 0.4) is 0 Å².